The molecule has 1 saturated heterocycles. The molecule has 10 nitrogen and oxygen atoms in total. The number of carbonyl (C=O) groups is 2. The monoisotopic (exact) mass is 323 g/mol. The lowest BCUT2D eigenvalue weighted by atomic mass is 10.1. The first kappa shape index (κ1) is 16.5. The van der Waals surface area contributed by atoms with Gasteiger partial charge in [0.2, 0.25) is 5.91 Å². The first-order valence-corrected chi connectivity index (χ1v) is 6.98. The van der Waals surface area contributed by atoms with Gasteiger partial charge < -0.3 is 20.2 Å². The smallest absolute Gasteiger partial charge is 0.407 e. The number of carboxylic acid groups (broad SMARTS) is 1. The Balaban J connectivity index is 2.13. The van der Waals surface area contributed by atoms with Crippen molar-refractivity contribution in [2.24, 2.45) is 0 Å². The number of rotatable bonds is 4. The number of amides is 2. The van der Waals surface area contributed by atoms with Crippen LogP contribution >= 0.6 is 0 Å². The molecule has 1 atom stereocenters. The number of pyridine rings is 1. The van der Waals surface area contributed by atoms with E-state index in [1.54, 1.807) is 0 Å². The molecule has 0 bridgehead atoms. The lowest BCUT2D eigenvalue weighted by Crippen LogP contribution is -2.56. The molecule has 0 aliphatic carbocycles. The van der Waals surface area contributed by atoms with E-state index >= 15 is 0 Å². The van der Waals surface area contributed by atoms with Gasteiger partial charge in [0, 0.05) is 39.2 Å². The first-order chi connectivity index (χ1) is 10.9. The number of nitro groups is 1. The van der Waals surface area contributed by atoms with Gasteiger partial charge in [-0.05, 0) is 6.07 Å². The van der Waals surface area contributed by atoms with Crippen LogP contribution in [0.4, 0.5) is 16.3 Å². The molecule has 1 aromatic heterocycles. The molecule has 10 heteroatoms. The highest BCUT2D eigenvalue weighted by molar-refractivity contribution is 5.77. The van der Waals surface area contributed by atoms with E-state index in [-0.39, 0.29) is 24.6 Å². The van der Waals surface area contributed by atoms with E-state index in [2.05, 4.69) is 10.3 Å². The summed E-state index contributed by atoms with van der Waals surface area (Å²) in [6, 6.07) is 2.36. The zero-order chi connectivity index (χ0) is 17.0. The zero-order valence-corrected chi connectivity index (χ0v) is 12.5. The highest BCUT2D eigenvalue weighted by Crippen LogP contribution is 2.21. The molecule has 0 saturated carbocycles. The molecule has 0 radical (unpaired) electrons. The van der Waals surface area contributed by atoms with Crippen LogP contribution in [-0.2, 0) is 4.79 Å². The highest BCUT2D eigenvalue weighted by atomic mass is 16.6. The number of aromatic nitrogens is 1. The van der Waals surface area contributed by atoms with Crippen LogP contribution in [0, 0.1) is 10.1 Å². The summed E-state index contributed by atoms with van der Waals surface area (Å²) in [5, 5.41) is 22.4. The van der Waals surface area contributed by atoms with E-state index in [1.807, 2.05) is 4.90 Å². The Labute approximate surface area is 131 Å². The normalized spacial score (nSPS) is 17.7. The second-order valence-corrected chi connectivity index (χ2v) is 5.08. The van der Waals surface area contributed by atoms with Gasteiger partial charge in [-0.1, -0.05) is 0 Å². The molecule has 1 aliphatic heterocycles. The van der Waals surface area contributed by atoms with E-state index in [0.717, 1.165) is 6.20 Å². The van der Waals surface area contributed by atoms with Gasteiger partial charge in [0.05, 0.1) is 11.0 Å². The third-order valence-electron chi connectivity index (χ3n) is 3.70. The summed E-state index contributed by atoms with van der Waals surface area (Å²) in [6.07, 6.45) is 0.133. The minimum absolute atomic E-state index is 0.0479. The van der Waals surface area contributed by atoms with Crippen molar-refractivity contribution in [3.8, 4) is 0 Å². The van der Waals surface area contributed by atoms with Crippen LogP contribution in [0.5, 0.6) is 0 Å². The first-order valence-electron chi connectivity index (χ1n) is 6.98. The molecule has 1 unspecified atom stereocenters. The molecule has 2 amide bonds. The fourth-order valence-electron chi connectivity index (χ4n) is 2.48. The van der Waals surface area contributed by atoms with Gasteiger partial charge in [0.25, 0.3) is 5.69 Å². The van der Waals surface area contributed by atoms with Crippen molar-refractivity contribution in [2.75, 3.05) is 31.6 Å². The van der Waals surface area contributed by atoms with Gasteiger partial charge in [-0.3, -0.25) is 14.9 Å². The van der Waals surface area contributed by atoms with Gasteiger partial charge >= 0.3 is 6.09 Å². The maximum Gasteiger partial charge on any atom is 0.407 e. The molecule has 2 N–H and O–H groups in total. The van der Waals surface area contributed by atoms with Crippen LogP contribution in [0.1, 0.15) is 6.42 Å². The largest absolute Gasteiger partial charge is 0.465 e. The Morgan fingerprint density at radius 2 is 2.22 bits per heavy atom. The van der Waals surface area contributed by atoms with Crippen molar-refractivity contribution in [1.29, 1.82) is 0 Å². The van der Waals surface area contributed by atoms with Crippen LogP contribution in [0.15, 0.2) is 18.3 Å². The van der Waals surface area contributed by atoms with Gasteiger partial charge in [-0.2, -0.15) is 0 Å². The lowest BCUT2D eigenvalue weighted by Gasteiger charge is -2.40. The van der Waals surface area contributed by atoms with E-state index in [9.17, 15) is 24.8 Å². The van der Waals surface area contributed by atoms with Gasteiger partial charge in [-0.15, -0.1) is 0 Å². The molecular weight excluding hydrogens is 306 g/mol. The Kier molecular flexibility index (Phi) is 4.94. The summed E-state index contributed by atoms with van der Waals surface area (Å²) in [6.45, 7) is 0.932. The predicted molar refractivity (Wildman–Crippen MR) is 80.3 cm³/mol. The molecule has 1 aliphatic rings. The Hall–Kier alpha value is -2.91. The van der Waals surface area contributed by atoms with Crippen LogP contribution in [-0.4, -0.2) is 64.6 Å². The van der Waals surface area contributed by atoms with E-state index in [4.69, 9.17) is 0 Å². The fraction of sp³-hybridized carbons (Fsp3) is 0.462. The molecule has 0 aromatic carbocycles. The predicted octanol–water partition coefficient (Wildman–Crippen LogP) is 0.294. The average Bonchev–Trinajstić information content (AvgIpc) is 2.54. The SMILES string of the molecule is CNC(=O)CC1CN(c2ccc([N+](=O)[O-])cn2)CCN1C(=O)O. The number of nitrogens with zero attached hydrogens (tertiary/aromatic N) is 4. The Morgan fingerprint density at radius 1 is 1.48 bits per heavy atom. The van der Waals surface area contributed by atoms with Crippen molar-refractivity contribution >= 4 is 23.5 Å². The van der Waals surface area contributed by atoms with E-state index in [1.165, 1.54) is 24.1 Å². The fourth-order valence-corrected chi connectivity index (χ4v) is 2.48. The molecule has 124 valence electrons. The number of hydrogen-bond donors (Lipinski definition) is 2. The summed E-state index contributed by atoms with van der Waals surface area (Å²) in [5.41, 5.74) is -0.111. The highest BCUT2D eigenvalue weighted by Gasteiger charge is 2.32. The summed E-state index contributed by atoms with van der Waals surface area (Å²) in [7, 11) is 1.49. The van der Waals surface area contributed by atoms with Gasteiger partial charge in [0.1, 0.15) is 12.0 Å². The van der Waals surface area contributed by atoms with Crippen LogP contribution in [0.25, 0.3) is 0 Å². The van der Waals surface area contributed by atoms with E-state index < -0.39 is 17.1 Å². The summed E-state index contributed by atoms with van der Waals surface area (Å²) in [5.74, 6) is 0.266. The number of nitrogens with one attached hydrogen (secondary N) is 1. The Morgan fingerprint density at radius 3 is 2.74 bits per heavy atom. The Bertz CT molecular complexity index is 605. The van der Waals surface area contributed by atoms with Crippen molar-refractivity contribution in [3.05, 3.63) is 28.4 Å². The maximum absolute atomic E-state index is 11.6. The van der Waals surface area contributed by atoms with Crippen LogP contribution < -0.4 is 10.2 Å². The number of anilines is 1. The second kappa shape index (κ2) is 6.90. The standard InChI is InChI=1S/C13H17N5O5/c1-14-12(19)6-10-8-16(4-5-17(10)13(20)21)11-3-2-9(7-15-11)18(22)23/h2-3,7,10H,4-6,8H2,1H3,(H,14,19)(H,20,21). The van der Waals surface area contributed by atoms with Crippen molar-refractivity contribution < 1.29 is 19.6 Å². The third kappa shape index (κ3) is 3.84. The zero-order valence-electron chi connectivity index (χ0n) is 12.5. The quantitative estimate of drug-likeness (QED) is 0.602. The summed E-state index contributed by atoms with van der Waals surface area (Å²) < 4.78 is 0. The minimum Gasteiger partial charge on any atom is -0.465 e. The lowest BCUT2D eigenvalue weighted by molar-refractivity contribution is -0.385. The third-order valence-corrected chi connectivity index (χ3v) is 3.70. The van der Waals surface area contributed by atoms with Crippen LogP contribution in [0.2, 0.25) is 0 Å². The molecule has 0 spiro atoms. The number of carbonyl (C=O) groups excluding carboxylic acids is 1. The summed E-state index contributed by atoms with van der Waals surface area (Å²) in [4.78, 5) is 40.1. The van der Waals surface area contributed by atoms with Gasteiger partial charge in [0.15, 0.2) is 0 Å². The van der Waals surface area contributed by atoms with Crippen molar-refractivity contribution in [2.45, 2.75) is 12.5 Å². The molecular formula is C13H17N5O5. The minimum atomic E-state index is -1.07. The molecule has 2 heterocycles. The molecule has 23 heavy (non-hydrogen) atoms. The van der Waals surface area contributed by atoms with E-state index in [0.29, 0.717) is 18.9 Å². The second-order valence-electron chi connectivity index (χ2n) is 5.08. The molecule has 1 aromatic rings. The number of piperazine rings is 1. The number of hydrogen-bond acceptors (Lipinski definition) is 6. The van der Waals surface area contributed by atoms with Crippen molar-refractivity contribution in [1.82, 2.24) is 15.2 Å². The van der Waals surface area contributed by atoms with Gasteiger partial charge in [-0.25, -0.2) is 9.78 Å². The molecule has 1 fully saturated rings. The maximum atomic E-state index is 11.6. The molecule has 2 rings (SSSR count). The topological polar surface area (TPSA) is 129 Å². The summed E-state index contributed by atoms with van der Waals surface area (Å²) >= 11 is 0. The van der Waals surface area contributed by atoms with Crippen LogP contribution in [0.3, 0.4) is 0 Å². The van der Waals surface area contributed by atoms with Crippen molar-refractivity contribution in [3.63, 3.8) is 0 Å². The average molecular weight is 323 g/mol.